The highest BCUT2D eigenvalue weighted by Crippen LogP contribution is 2.27. The van der Waals surface area contributed by atoms with Crippen LogP contribution in [0.3, 0.4) is 0 Å². The summed E-state index contributed by atoms with van der Waals surface area (Å²) in [5, 5.41) is 0. The van der Waals surface area contributed by atoms with Crippen molar-refractivity contribution >= 4 is 11.8 Å². The summed E-state index contributed by atoms with van der Waals surface area (Å²) >= 11 is 0. The van der Waals surface area contributed by atoms with E-state index < -0.39 is 17.6 Å². The third-order valence-electron chi connectivity index (χ3n) is 3.30. The molecule has 20 heavy (non-hydrogen) atoms. The minimum Gasteiger partial charge on any atom is -0.493 e. The number of ether oxygens (including phenoxy) is 2. The molecule has 0 saturated heterocycles. The van der Waals surface area contributed by atoms with Crippen molar-refractivity contribution in [2.24, 2.45) is 5.92 Å². The molecular weight excluding hydrogens is 263 g/mol. The highest BCUT2D eigenvalue weighted by Gasteiger charge is 2.21. The van der Waals surface area contributed by atoms with Gasteiger partial charge in [0.05, 0.1) is 13.2 Å². The molecule has 0 N–H and O–H groups in total. The Morgan fingerprint density at radius 1 is 1.30 bits per heavy atom. The predicted octanol–water partition coefficient (Wildman–Crippen LogP) is 2.75. The Hall–Kier alpha value is -1.91. The molecule has 108 valence electrons. The van der Waals surface area contributed by atoms with Crippen molar-refractivity contribution in [3.63, 3.8) is 0 Å². The third-order valence-corrected chi connectivity index (χ3v) is 3.30. The molecule has 2 rings (SSSR count). The van der Waals surface area contributed by atoms with Crippen LogP contribution in [0.4, 0.5) is 4.39 Å². The maximum Gasteiger partial charge on any atom is 0.379 e. The second kappa shape index (κ2) is 6.50. The van der Waals surface area contributed by atoms with E-state index in [0.717, 1.165) is 18.9 Å². The van der Waals surface area contributed by atoms with Gasteiger partial charge in [0.15, 0.2) is 0 Å². The molecule has 0 spiro atoms. The van der Waals surface area contributed by atoms with Gasteiger partial charge >= 0.3 is 5.97 Å². The molecule has 1 aliphatic rings. The van der Waals surface area contributed by atoms with E-state index >= 15 is 0 Å². The highest BCUT2D eigenvalue weighted by atomic mass is 19.1. The molecule has 0 amide bonds. The third kappa shape index (κ3) is 3.56. The average Bonchev–Trinajstić information content (AvgIpc) is 2.35. The molecule has 1 aromatic carbocycles. The first-order valence-electron chi connectivity index (χ1n) is 6.75. The fourth-order valence-corrected chi connectivity index (χ4v) is 1.97. The minimum absolute atomic E-state index is 0.0490. The Morgan fingerprint density at radius 3 is 2.65 bits per heavy atom. The molecule has 0 atom stereocenters. The Labute approximate surface area is 116 Å². The number of Topliss-reactive ketones (excluding diaryl/α,β-unsaturated/α-hetero) is 1. The largest absolute Gasteiger partial charge is 0.493 e. The van der Waals surface area contributed by atoms with E-state index in [-0.39, 0.29) is 17.9 Å². The lowest BCUT2D eigenvalue weighted by molar-refractivity contribution is -0.137. The molecular formula is C15H17FO4. The lowest BCUT2D eigenvalue weighted by Gasteiger charge is -2.25. The van der Waals surface area contributed by atoms with Crippen molar-refractivity contribution in [3.05, 3.63) is 29.6 Å². The van der Waals surface area contributed by atoms with E-state index in [9.17, 15) is 14.0 Å². The predicted molar refractivity (Wildman–Crippen MR) is 70.2 cm³/mol. The number of esters is 1. The van der Waals surface area contributed by atoms with Crippen molar-refractivity contribution < 1.29 is 23.5 Å². The van der Waals surface area contributed by atoms with Gasteiger partial charge in [-0.05, 0) is 37.8 Å². The van der Waals surface area contributed by atoms with Crippen LogP contribution in [0.25, 0.3) is 0 Å². The number of hydrogen-bond donors (Lipinski definition) is 0. The van der Waals surface area contributed by atoms with Gasteiger partial charge in [-0.2, -0.15) is 0 Å². The zero-order valence-electron chi connectivity index (χ0n) is 11.4. The number of benzene rings is 1. The van der Waals surface area contributed by atoms with Crippen LogP contribution in [0.1, 0.15) is 36.5 Å². The van der Waals surface area contributed by atoms with E-state index in [1.54, 1.807) is 6.92 Å². The van der Waals surface area contributed by atoms with Crippen LogP contribution < -0.4 is 4.74 Å². The molecule has 0 aromatic heterocycles. The van der Waals surface area contributed by atoms with Gasteiger partial charge in [-0.25, -0.2) is 9.18 Å². The quantitative estimate of drug-likeness (QED) is 0.457. The Balaban J connectivity index is 2.06. The molecule has 1 aliphatic carbocycles. The van der Waals surface area contributed by atoms with E-state index in [2.05, 4.69) is 4.74 Å². The van der Waals surface area contributed by atoms with Gasteiger partial charge in [-0.3, -0.25) is 4.79 Å². The van der Waals surface area contributed by atoms with Crippen LogP contribution in [0.5, 0.6) is 5.75 Å². The van der Waals surface area contributed by atoms with Crippen LogP contribution >= 0.6 is 0 Å². The van der Waals surface area contributed by atoms with Gasteiger partial charge in [0.25, 0.3) is 5.78 Å². The van der Waals surface area contributed by atoms with Gasteiger partial charge in [0.2, 0.25) is 0 Å². The van der Waals surface area contributed by atoms with E-state index in [4.69, 9.17) is 4.74 Å². The lowest BCUT2D eigenvalue weighted by atomic mass is 9.86. The molecule has 0 unspecified atom stereocenters. The van der Waals surface area contributed by atoms with Crippen LogP contribution in [0, 0.1) is 11.7 Å². The maximum atomic E-state index is 13.5. The fourth-order valence-electron chi connectivity index (χ4n) is 1.97. The van der Waals surface area contributed by atoms with Crippen molar-refractivity contribution in [1.82, 2.24) is 0 Å². The Kier molecular flexibility index (Phi) is 4.71. The second-order valence-corrected chi connectivity index (χ2v) is 4.83. The molecule has 5 heteroatoms. The van der Waals surface area contributed by atoms with Crippen LogP contribution in [0.2, 0.25) is 0 Å². The summed E-state index contributed by atoms with van der Waals surface area (Å²) in [7, 11) is 0. The summed E-state index contributed by atoms with van der Waals surface area (Å²) in [4.78, 5) is 23.1. The van der Waals surface area contributed by atoms with Gasteiger partial charge < -0.3 is 9.47 Å². The molecule has 0 radical (unpaired) electrons. The van der Waals surface area contributed by atoms with E-state index in [1.807, 2.05) is 0 Å². The molecule has 1 aromatic rings. The van der Waals surface area contributed by atoms with Crippen molar-refractivity contribution in [3.8, 4) is 5.75 Å². The Bertz CT molecular complexity index is 509. The van der Waals surface area contributed by atoms with E-state index in [1.165, 1.54) is 18.6 Å². The molecule has 0 bridgehead atoms. The lowest BCUT2D eigenvalue weighted by Crippen LogP contribution is -2.20. The number of carbonyl (C=O) groups is 2. The van der Waals surface area contributed by atoms with Gasteiger partial charge in [-0.15, -0.1) is 0 Å². The topological polar surface area (TPSA) is 52.6 Å². The highest BCUT2D eigenvalue weighted by molar-refractivity contribution is 6.40. The summed E-state index contributed by atoms with van der Waals surface area (Å²) < 4.78 is 23.6. The van der Waals surface area contributed by atoms with Crippen molar-refractivity contribution in [2.45, 2.75) is 26.2 Å². The van der Waals surface area contributed by atoms with Crippen LogP contribution in [-0.4, -0.2) is 25.0 Å². The molecule has 1 saturated carbocycles. The van der Waals surface area contributed by atoms with Crippen LogP contribution in [-0.2, 0) is 9.53 Å². The first-order valence-corrected chi connectivity index (χ1v) is 6.75. The maximum absolute atomic E-state index is 13.5. The summed E-state index contributed by atoms with van der Waals surface area (Å²) in [6.45, 7) is 2.21. The summed E-state index contributed by atoms with van der Waals surface area (Å²) in [6, 6.07) is 3.59. The monoisotopic (exact) mass is 280 g/mol. The average molecular weight is 280 g/mol. The first-order chi connectivity index (χ1) is 9.60. The number of hydrogen-bond acceptors (Lipinski definition) is 4. The number of carbonyl (C=O) groups excluding carboxylic acids is 2. The molecule has 1 fully saturated rings. The summed E-state index contributed by atoms with van der Waals surface area (Å²) in [5.74, 6) is -1.68. The molecule has 4 nitrogen and oxygen atoms in total. The van der Waals surface area contributed by atoms with Crippen LogP contribution in [0.15, 0.2) is 18.2 Å². The van der Waals surface area contributed by atoms with Gasteiger partial charge in [-0.1, -0.05) is 6.42 Å². The zero-order valence-corrected chi connectivity index (χ0v) is 11.4. The first kappa shape index (κ1) is 14.5. The summed E-state index contributed by atoms with van der Waals surface area (Å²) in [5.41, 5.74) is -0.0490. The second-order valence-electron chi connectivity index (χ2n) is 4.83. The standard InChI is InChI=1S/C15H17FO4/c1-2-19-15(18)14(17)11-6-12(16)8-13(7-11)20-9-10-4-3-5-10/h6-8,10H,2-5,9H2,1H3. The molecule has 0 aliphatic heterocycles. The number of ketones is 1. The Morgan fingerprint density at radius 2 is 2.05 bits per heavy atom. The minimum atomic E-state index is -0.983. The number of halogens is 1. The number of rotatable bonds is 6. The van der Waals surface area contributed by atoms with Crippen molar-refractivity contribution in [2.75, 3.05) is 13.2 Å². The smallest absolute Gasteiger partial charge is 0.379 e. The molecule has 0 heterocycles. The fraction of sp³-hybridized carbons (Fsp3) is 0.467. The van der Waals surface area contributed by atoms with Crippen molar-refractivity contribution in [1.29, 1.82) is 0 Å². The normalized spacial score (nSPS) is 14.5. The van der Waals surface area contributed by atoms with E-state index in [0.29, 0.717) is 12.5 Å². The SMILES string of the molecule is CCOC(=O)C(=O)c1cc(F)cc(OCC2CCC2)c1. The zero-order chi connectivity index (χ0) is 14.5. The summed E-state index contributed by atoms with van der Waals surface area (Å²) in [6.07, 6.45) is 3.43. The van der Waals surface area contributed by atoms with Gasteiger partial charge in [0.1, 0.15) is 11.6 Å². The van der Waals surface area contributed by atoms with Gasteiger partial charge in [0, 0.05) is 11.6 Å².